The third-order valence-corrected chi connectivity index (χ3v) is 4.39. The highest BCUT2D eigenvalue weighted by molar-refractivity contribution is 5.77. The van der Waals surface area contributed by atoms with Gasteiger partial charge < -0.3 is 14.1 Å². The number of carbonyl (C=O) groups is 1. The molecule has 1 fully saturated rings. The zero-order chi connectivity index (χ0) is 18.5. The number of aromatic nitrogens is 2. The molecule has 7 heteroatoms. The molecule has 0 unspecified atom stereocenters. The summed E-state index contributed by atoms with van der Waals surface area (Å²) in [7, 11) is 0. The van der Waals surface area contributed by atoms with Gasteiger partial charge in [0, 0.05) is 18.9 Å². The van der Waals surface area contributed by atoms with Crippen LogP contribution in [-0.4, -0.2) is 40.8 Å². The second kappa shape index (κ2) is 8.11. The minimum Gasteiger partial charge on any atom is -0.423 e. The fraction of sp³-hybridized carbons (Fsp3) is 0.474. The summed E-state index contributed by atoms with van der Waals surface area (Å²) in [5.41, 5.74) is 1.65. The third-order valence-electron chi connectivity index (χ3n) is 4.39. The first-order valence-electron chi connectivity index (χ1n) is 8.78. The van der Waals surface area contributed by atoms with Crippen LogP contribution in [0.25, 0.3) is 0 Å². The maximum absolute atomic E-state index is 12.7. The van der Waals surface area contributed by atoms with Crippen LogP contribution in [0.2, 0.25) is 0 Å². The standard InChI is InChI=1S/C19H22N4O3/c1-13(2)18-21-22-19(26-18)16-12-25-10-9-23(16)17(24)8-7-14-3-5-15(11-20)6-4-14/h3-6,13,16H,7-10,12H2,1-2H3/t16-/m1/s1. The Morgan fingerprint density at radius 1 is 1.35 bits per heavy atom. The van der Waals surface area contributed by atoms with E-state index in [4.69, 9.17) is 14.4 Å². The number of amides is 1. The molecule has 1 aliphatic heterocycles. The summed E-state index contributed by atoms with van der Waals surface area (Å²) in [5.74, 6) is 1.17. The lowest BCUT2D eigenvalue weighted by Crippen LogP contribution is -2.43. The van der Waals surface area contributed by atoms with Crippen LogP contribution in [0.1, 0.15) is 55.1 Å². The minimum atomic E-state index is -0.336. The highest BCUT2D eigenvalue weighted by Crippen LogP contribution is 2.26. The van der Waals surface area contributed by atoms with E-state index in [1.54, 1.807) is 17.0 Å². The van der Waals surface area contributed by atoms with Crippen LogP contribution in [-0.2, 0) is 16.0 Å². The second-order valence-electron chi connectivity index (χ2n) is 6.62. The molecule has 0 N–H and O–H groups in total. The molecule has 136 valence electrons. The van der Waals surface area contributed by atoms with E-state index in [9.17, 15) is 4.79 Å². The lowest BCUT2D eigenvalue weighted by atomic mass is 10.1. The van der Waals surface area contributed by atoms with Crippen molar-refractivity contribution >= 4 is 5.91 Å². The fourth-order valence-corrected chi connectivity index (χ4v) is 2.86. The average Bonchev–Trinajstić information content (AvgIpc) is 3.17. The SMILES string of the molecule is CC(C)c1nnc([C@H]2COCCN2C(=O)CCc2ccc(C#N)cc2)o1. The van der Waals surface area contributed by atoms with Crippen molar-refractivity contribution in [3.05, 3.63) is 47.2 Å². The van der Waals surface area contributed by atoms with Crippen molar-refractivity contribution in [1.82, 2.24) is 15.1 Å². The number of rotatable bonds is 5. The van der Waals surface area contributed by atoms with Gasteiger partial charge in [0.2, 0.25) is 17.7 Å². The van der Waals surface area contributed by atoms with E-state index >= 15 is 0 Å². The molecule has 7 nitrogen and oxygen atoms in total. The van der Waals surface area contributed by atoms with Gasteiger partial charge in [0.1, 0.15) is 6.04 Å². The molecule has 26 heavy (non-hydrogen) atoms. The normalized spacial score (nSPS) is 17.3. The molecular weight excluding hydrogens is 332 g/mol. The summed E-state index contributed by atoms with van der Waals surface area (Å²) in [6.45, 7) is 5.34. The monoisotopic (exact) mass is 354 g/mol. The predicted octanol–water partition coefficient (Wildman–Crippen LogP) is 2.60. The Morgan fingerprint density at radius 2 is 2.12 bits per heavy atom. The first-order valence-corrected chi connectivity index (χ1v) is 8.78. The molecule has 2 heterocycles. The molecule has 2 aromatic rings. The molecule has 0 spiro atoms. The van der Waals surface area contributed by atoms with E-state index in [2.05, 4.69) is 16.3 Å². The number of aryl methyl sites for hydroxylation is 1. The molecule has 1 aromatic heterocycles. The summed E-state index contributed by atoms with van der Waals surface area (Å²) in [4.78, 5) is 14.5. The smallest absolute Gasteiger partial charge is 0.241 e. The van der Waals surface area contributed by atoms with Gasteiger partial charge in [0.25, 0.3) is 0 Å². The number of nitrogens with zero attached hydrogens (tertiary/aromatic N) is 4. The van der Waals surface area contributed by atoms with Crippen molar-refractivity contribution in [2.75, 3.05) is 19.8 Å². The molecule has 1 aliphatic rings. The van der Waals surface area contributed by atoms with Crippen molar-refractivity contribution in [1.29, 1.82) is 5.26 Å². The van der Waals surface area contributed by atoms with E-state index in [0.29, 0.717) is 49.9 Å². The van der Waals surface area contributed by atoms with E-state index in [0.717, 1.165) is 5.56 Å². The van der Waals surface area contributed by atoms with Crippen LogP contribution in [0, 0.1) is 11.3 Å². The molecule has 1 saturated heterocycles. The van der Waals surface area contributed by atoms with Crippen molar-refractivity contribution in [3.8, 4) is 6.07 Å². The van der Waals surface area contributed by atoms with Crippen LogP contribution < -0.4 is 0 Å². The summed E-state index contributed by atoms with van der Waals surface area (Å²) < 4.78 is 11.2. The van der Waals surface area contributed by atoms with Gasteiger partial charge in [-0.1, -0.05) is 26.0 Å². The largest absolute Gasteiger partial charge is 0.423 e. The Bertz CT molecular complexity index is 792. The third kappa shape index (κ3) is 4.09. The van der Waals surface area contributed by atoms with Gasteiger partial charge in [-0.15, -0.1) is 10.2 Å². The molecular formula is C19H22N4O3. The molecule has 3 rings (SSSR count). The topological polar surface area (TPSA) is 92.3 Å². The van der Waals surface area contributed by atoms with Gasteiger partial charge in [0.15, 0.2) is 0 Å². The number of hydrogen-bond donors (Lipinski definition) is 0. The van der Waals surface area contributed by atoms with E-state index in [1.165, 1.54) is 0 Å². The van der Waals surface area contributed by atoms with Crippen LogP contribution in [0.15, 0.2) is 28.7 Å². The van der Waals surface area contributed by atoms with Crippen molar-refractivity contribution in [2.24, 2.45) is 0 Å². The maximum Gasteiger partial charge on any atom is 0.241 e. The average molecular weight is 354 g/mol. The summed E-state index contributed by atoms with van der Waals surface area (Å²) in [6, 6.07) is 9.06. The fourth-order valence-electron chi connectivity index (χ4n) is 2.86. The number of nitriles is 1. The molecule has 0 saturated carbocycles. The van der Waals surface area contributed by atoms with Crippen LogP contribution in [0.3, 0.4) is 0 Å². The van der Waals surface area contributed by atoms with Gasteiger partial charge in [-0.25, -0.2) is 0 Å². The predicted molar refractivity (Wildman–Crippen MR) is 93.1 cm³/mol. The first-order chi connectivity index (χ1) is 12.6. The lowest BCUT2D eigenvalue weighted by Gasteiger charge is -2.33. The van der Waals surface area contributed by atoms with E-state index in [-0.39, 0.29) is 17.9 Å². The summed E-state index contributed by atoms with van der Waals surface area (Å²) in [5, 5.41) is 17.0. The van der Waals surface area contributed by atoms with Crippen LogP contribution in [0.5, 0.6) is 0 Å². The van der Waals surface area contributed by atoms with Crippen molar-refractivity contribution in [3.63, 3.8) is 0 Å². The molecule has 1 aromatic carbocycles. The molecule has 1 atom stereocenters. The Kier molecular flexibility index (Phi) is 5.64. The highest BCUT2D eigenvalue weighted by Gasteiger charge is 2.32. The van der Waals surface area contributed by atoms with Gasteiger partial charge >= 0.3 is 0 Å². The first kappa shape index (κ1) is 18.1. The Hall–Kier alpha value is -2.72. The number of benzene rings is 1. The molecule has 1 amide bonds. The Morgan fingerprint density at radius 3 is 2.77 bits per heavy atom. The summed E-state index contributed by atoms with van der Waals surface area (Å²) >= 11 is 0. The number of carbonyl (C=O) groups excluding carboxylic acids is 1. The zero-order valence-electron chi connectivity index (χ0n) is 15.0. The molecule has 0 radical (unpaired) electrons. The lowest BCUT2D eigenvalue weighted by molar-refractivity contribution is -0.141. The van der Waals surface area contributed by atoms with E-state index < -0.39 is 0 Å². The van der Waals surface area contributed by atoms with Crippen molar-refractivity contribution < 1.29 is 13.9 Å². The highest BCUT2D eigenvalue weighted by atomic mass is 16.5. The maximum atomic E-state index is 12.7. The summed E-state index contributed by atoms with van der Waals surface area (Å²) in [6.07, 6.45) is 1.00. The number of ether oxygens (including phenoxy) is 1. The van der Waals surface area contributed by atoms with Crippen molar-refractivity contribution in [2.45, 2.75) is 38.6 Å². The van der Waals surface area contributed by atoms with Gasteiger partial charge in [-0.3, -0.25) is 4.79 Å². The molecule has 0 bridgehead atoms. The minimum absolute atomic E-state index is 0.0342. The Labute approximate surface area is 152 Å². The zero-order valence-corrected chi connectivity index (χ0v) is 15.0. The number of morpholine rings is 1. The number of hydrogen-bond acceptors (Lipinski definition) is 6. The van der Waals surface area contributed by atoms with Crippen LogP contribution >= 0.6 is 0 Å². The Balaban J connectivity index is 1.66. The van der Waals surface area contributed by atoms with Gasteiger partial charge in [-0.05, 0) is 24.1 Å². The van der Waals surface area contributed by atoms with Gasteiger partial charge in [-0.2, -0.15) is 5.26 Å². The van der Waals surface area contributed by atoms with Crippen LogP contribution in [0.4, 0.5) is 0 Å². The quantitative estimate of drug-likeness (QED) is 0.819. The molecule has 0 aliphatic carbocycles. The van der Waals surface area contributed by atoms with Gasteiger partial charge in [0.05, 0.1) is 24.8 Å². The second-order valence-corrected chi connectivity index (χ2v) is 6.62. The van der Waals surface area contributed by atoms with E-state index in [1.807, 2.05) is 26.0 Å².